The summed E-state index contributed by atoms with van der Waals surface area (Å²) in [7, 11) is 0. The number of hydrogen-bond donors (Lipinski definition) is 1. The third kappa shape index (κ3) is 3.39. The minimum Gasteiger partial charge on any atom is -0.478 e. The van der Waals surface area contributed by atoms with Gasteiger partial charge in [-0.25, -0.2) is 9.48 Å². The Labute approximate surface area is 159 Å². The number of aromatic nitrogens is 2. The minimum atomic E-state index is -1.02. The molecule has 26 heavy (non-hydrogen) atoms. The van der Waals surface area contributed by atoms with E-state index in [4.69, 9.17) is 5.26 Å². The molecule has 0 amide bonds. The van der Waals surface area contributed by atoms with Gasteiger partial charge in [-0.2, -0.15) is 10.4 Å². The molecule has 0 unspecified atom stereocenters. The number of rotatable bonds is 5. The summed E-state index contributed by atoms with van der Waals surface area (Å²) in [5.74, 6) is -1.02. The Balaban J connectivity index is 2.29. The van der Waals surface area contributed by atoms with Crippen LogP contribution in [0.2, 0.25) is 0 Å². The molecular weight excluding hydrogens is 394 g/mol. The molecule has 0 spiro atoms. The molecule has 0 bridgehead atoms. The van der Waals surface area contributed by atoms with Crippen molar-refractivity contribution in [1.82, 2.24) is 9.78 Å². The molecule has 0 radical (unpaired) electrons. The third-order valence-electron chi connectivity index (χ3n) is 4.00. The van der Waals surface area contributed by atoms with Gasteiger partial charge >= 0.3 is 5.97 Å². The van der Waals surface area contributed by atoms with E-state index in [1.165, 1.54) is 0 Å². The van der Waals surface area contributed by atoms with Crippen molar-refractivity contribution in [3.05, 3.63) is 69.8 Å². The van der Waals surface area contributed by atoms with Gasteiger partial charge in [-0.3, -0.25) is 0 Å². The van der Waals surface area contributed by atoms with Crippen LogP contribution in [0, 0.1) is 11.3 Å². The highest BCUT2D eigenvalue weighted by atomic mass is 79.9. The number of benzene rings is 2. The van der Waals surface area contributed by atoms with E-state index in [9.17, 15) is 9.90 Å². The first-order chi connectivity index (χ1) is 12.5. The van der Waals surface area contributed by atoms with Crippen molar-refractivity contribution in [2.45, 2.75) is 19.8 Å². The van der Waals surface area contributed by atoms with Gasteiger partial charge in [0.05, 0.1) is 23.0 Å². The average molecular weight is 410 g/mol. The van der Waals surface area contributed by atoms with Gasteiger partial charge < -0.3 is 5.11 Å². The lowest BCUT2D eigenvalue weighted by Crippen LogP contribution is -2.06. The number of hydrogen-bond acceptors (Lipinski definition) is 3. The zero-order valence-corrected chi connectivity index (χ0v) is 15.7. The van der Waals surface area contributed by atoms with Gasteiger partial charge in [0.1, 0.15) is 11.3 Å². The largest absolute Gasteiger partial charge is 0.478 e. The summed E-state index contributed by atoms with van der Waals surface area (Å²) < 4.78 is 2.57. The van der Waals surface area contributed by atoms with Crippen LogP contribution in [-0.4, -0.2) is 20.9 Å². The van der Waals surface area contributed by atoms with Gasteiger partial charge in [-0.1, -0.05) is 47.5 Å². The Morgan fingerprint density at radius 3 is 2.69 bits per heavy atom. The molecule has 0 aliphatic rings. The number of nitrogens with zero attached hydrogens (tertiary/aromatic N) is 3. The van der Waals surface area contributed by atoms with Crippen LogP contribution in [0.25, 0.3) is 16.9 Å². The second kappa shape index (κ2) is 7.54. The van der Waals surface area contributed by atoms with E-state index < -0.39 is 5.97 Å². The first-order valence-electron chi connectivity index (χ1n) is 8.16. The van der Waals surface area contributed by atoms with E-state index in [0.29, 0.717) is 28.9 Å². The summed E-state index contributed by atoms with van der Waals surface area (Å²) in [4.78, 5) is 12.0. The minimum absolute atomic E-state index is 0.182. The maximum absolute atomic E-state index is 12.0. The quantitative estimate of drug-likeness (QED) is 0.654. The second-order valence-electron chi connectivity index (χ2n) is 5.81. The summed E-state index contributed by atoms with van der Waals surface area (Å²) in [6, 6.07) is 16.5. The second-order valence-corrected chi connectivity index (χ2v) is 6.73. The van der Waals surface area contributed by atoms with E-state index in [-0.39, 0.29) is 5.56 Å². The molecular formula is C20H16BrN3O2. The predicted molar refractivity (Wildman–Crippen MR) is 102 cm³/mol. The van der Waals surface area contributed by atoms with Gasteiger partial charge in [0.2, 0.25) is 0 Å². The molecule has 3 aromatic rings. The number of aromatic carboxylic acids is 1. The zero-order valence-electron chi connectivity index (χ0n) is 14.1. The number of carboxylic acid groups (broad SMARTS) is 1. The van der Waals surface area contributed by atoms with Crippen LogP contribution in [-0.2, 0) is 6.42 Å². The van der Waals surface area contributed by atoms with Gasteiger partial charge in [-0.05, 0) is 36.8 Å². The van der Waals surface area contributed by atoms with E-state index in [0.717, 1.165) is 16.6 Å². The van der Waals surface area contributed by atoms with Gasteiger partial charge in [0.25, 0.3) is 0 Å². The van der Waals surface area contributed by atoms with Crippen LogP contribution in [0.4, 0.5) is 0 Å². The number of nitriles is 1. The molecule has 130 valence electrons. The Kier molecular flexibility index (Phi) is 5.19. The van der Waals surface area contributed by atoms with Crippen molar-refractivity contribution in [3.8, 4) is 23.0 Å². The summed E-state index contributed by atoms with van der Waals surface area (Å²) in [5, 5.41) is 23.6. The summed E-state index contributed by atoms with van der Waals surface area (Å²) >= 11 is 3.45. The van der Waals surface area contributed by atoms with Crippen LogP contribution in [0.15, 0.2) is 53.0 Å². The van der Waals surface area contributed by atoms with Crippen molar-refractivity contribution < 1.29 is 9.90 Å². The fraction of sp³-hybridized carbons (Fsp3) is 0.150. The number of halogens is 1. The van der Waals surface area contributed by atoms with Crippen molar-refractivity contribution in [3.63, 3.8) is 0 Å². The first-order valence-corrected chi connectivity index (χ1v) is 8.96. The molecule has 2 aromatic carbocycles. The number of carbonyl (C=O) groups is 1. The van der Waals surface area contributed by atoms with Crippen LogP contribution < -0.4 is 0 Å². The van der Waals surface area contributed by atoms with Crippen LogP contribution in [0.1, 0.15) is 35.0 Å². The molecule has 1 heterocycles. The van der Waals surface area contributed by atoms with E-state index in [1.807, 2.05) is 31.2 Å². The highest BCUT2D eigenvalue weighted by Gasteiger charge is 2.24. The molecule has 5 nitrogen and oxygen atoms in total. The molecule has 0 aliphatic heterocycles. The van der Waals surface area contributed by atoms with E-state index in [1.54, 1.807) is 28.9 Å². The maximum atomic E-state index is 12.0. The van der Waals surface area contributed by atoms with Crippen LogP contribution in [0.5, 0.6) is 0 Å². The fourth-order valence-electron chi connectivity index (χ4n) is 2.90. The van der Waals surface area contributed by atoms with Gasteiger partial charge in [0, 0.05) is 10.0 Å². The molecule has 1 N–H and O–H groups in total. The molecule has 0 saturated heterocycles. The summed E-state index contributed by atoms with van der Waals surface area (Å²) in [5.41, 5.74) is 3.07. The molecule has 1 aromatic heterocycles. The topological polar surface area (TPSA) is 78.9 Å². The molecule has 6 heteroatoms. The fourth-order valence-corrected chi connectivity index (χ4v) is 3.29. The van der Waals surface area contributed by atoms with Crippen molar-refractivity contribution in [1.29, 1.82) is 5.26 Å². The maximum Gasteiger partial charge on any atom is 0.339 e. The van der Waals surface area contributed by atoms with Crippen LogP contribution in [0.3, 0.4) is 0 Å². The molecule has 3 rings (SSSR count). The average Bonchev–Trinajstić information content (AvgIpc) is 3.02. The van der Waals surface area contributed by atoms with Crippen molar-refractivity contribution in [2.24, 2.45) is 0 Å². The molecule has 0 atom stereocenters. The standard InChI is InChI=1S/C20H16BrN3O2/c1-2-5-17-18(20(25)26)19(14-7-3-6-13(10-14)12-22)23-24(17)16-9-4-8-15(21)11-16/h3-4,6-11H,2,5H2,1H3,(H,25,26). The molecule has 0 aliphatic carbocycles. The Morgan fingerprint density at radius 2 is 2.04 bits per heavy atom. The van der Waals surface area contributed by atoms with Crippen molar-refractivity contribution >= 4 is 21.9 Å². The predicted octanol–water partition coefficient (Wildman–Crippen LogP) is 4.82. The Hall–Kier alpha value is -2.91. The molecule has 0 saturated carbocycles. The Bertz CT molecular complexity index is 1020. The smallest absolute Gasteiger partial charge is 0.339 e. The summed E-state index contributed by atoms with van der Waals surface area (Å²) in [6.45, 7) is 2.00. The summed E-state index contributed by atoms with van der Waals surface area (Å²) in [6.07, 6.45) is 1.37. The normalized spacial score (nSPS) is 10.5. The van der Waals surface area contributed by atoms with E-state index in [2.05, 4.69) is 27.1 Å². The third-order valence-corrected chi connectivity index (χ3v) is 4.49. The first kappa shape index (κ1) is 17.9. The highest BCUT2D eigenvalue weighted by Crippen LogP contribution is 2.30. The zero-order chi connectivity index (χ0) is 18.7. The lowest BCUT2D eigenvalue weighted by Gasteiger charge is -2.07. The number of carboxylic acids is 1. The van der Waals surface area contributed by atoms with Crippen LogP contribution >= 0.6 is 15.9 Å². The monoisotopic (exact) mass is 409 g/mol. The van der Waals surface area contributed by atoms with Crippen molar-refractivity contribution in [2.75, 3.05) is 0 Å². The lowest BCUT2D eigenvalue weighted by atomic mass is 10.0. The van der Waals surface area contributed by atoms with Gasteiger partial charge in [-0.15, -0.1) is 0 Å². The van der Waals surface area contributed by atoms with Gasteiger partial charge in [0.15, 0.2) is 0 Å². The lowest BCUT2D eigenvalue weighted by molar-refractivity contribution is 0.0696. The SMILES string of the molecule is CCCc1c(C(=O)O)c(-c2cccc(C#N)c2)nn1-c1cccc(Br)c1. The Morgan fingerprint density at radius 1 is 1.27 bits per heavy atom. The highest BCUT2D eigenvalue weighted by molar-refractivity contribution is 9.10. The molecule has 0 fully saturated rings. The van der Waals surface area contributed by atoms with E-state index >= 15 is 0 Å².